The minimum absolute atomic E-state index is 0.0804. The van der Waals surface area contributed by atoms with Gasteiger partial charge >= 0.3 is 5.69 Å². The van der Waals surface area contributed by atoms with Crippen molar-refractivity contribution >= 4 is 27.5 Å². The molecule has 0 atom stereocenters. The zero-order valence-corrected chi connectivity index (χ0v) is 13.9. The number of thiophene rings is 1. The first kappa shape index (κ1) is 17.4. The number of rotatable bonds is 9. The maximum atomic E-state index is 12.2. The Morgan fingerprint density at radius 2 is 2.22 bits per heavy atom. The lowest BCUT2D eigenvalue weighted by atomic mass is 10.3. The van der Waals surface area contributed by atoms with E-state index in [2.05, 4.69) is 10.3 Å². The second-order valence-electron chi connectivity index (χ2n) is 5.05. The molecule has 0 saturated heterocycles. The highest BCUT2D eigenvalue weighted by molar-refractivity contribution is 7.17. The van der Waals surface area contributed by atoms with Gasteiger partial charge in [-0.05, 0) is 31.2 Å². The summed E-state index contributed by atoms with van der Waals surface area (Å²) in [5.41, 5.74) is -0.165. The lowest BCUT2D eigenvalue weighted by Crippen LogP contribution is -2.35. The van der Waals surface area contributed by atoms with Gasteiger partial charge in [-0.25, -0.2) is 4.79 Å². The number of carbonyl (C=O) groups excluding carboxylic acids is 1. The molecule has 0 fully saturated rings. The minimum atomic E-state index is -0.432. The Kier molecular flexibility index (Phi) is 6.54. The van der Waals surface area contributed by atoms with Crippen LogP contribution in [0.1, 0.15) is 26.2 Å². The number of nitrogens with one attached hydrogen (secondary N) is 2. The molecule has 0 radical (unpaired) electrons. The third-order valence-corrected chi connectivity index (χ3v) is 4.27. The highest BCUT2D eigenvalue weighted by Crippen LogP contribution is 2.12. The van der Waals surface area contributed by atoms with Gasteiger partial charge in [0, 0.05) is 32.7 Å². The summed E-state index contributed by atoms with van der Waals surface area (Å²) in [6, 6.07) is 1.71. The molecule has 0 unspecified atom stereocenters. The fourth-order valence-corrected chi connectivity index (χ4v) is 3.00. The van der Waals surface area contributed by atoms with Gasteiger partial charge in [-0.15, -0.1) is 11.3 Å². The van der Waals surface area contributed by atoms with Gasteiger partial charge in [-0.2, -0.15) is 0 Å². The van der Waals surface area contributed by atoms with Gasteiger partial charge in [0.15, 0.2) is 0 Å². The van der Waals surface area contributed by atoms with E-state index < -0.39 is 5.69 Å². The van der Waals surface area contributed by atoms with E-state index in [0.29, 0.717) is 36.4 Å². The molecule has 23 heavy (non-hydrogen) atoms. The van der Waals surface area contributed by atoms with Crippen molar-refractivity contribution in [2.45, 2.75) is 32.7 Å². The van der Waals surface area contributed by atoms with Crippen molar-refractivity contribution in [3.63, 3.8) is 0 Å². The van der Waals surface area contributed by atoms with Crippen LogP contribution >= 0.6 is 11.3 Å². The molecule has 0 saturated carbocycles. The number of nitrogens with zero attached hydrogens (tertiary/aromatic N) is 1. The van der Waals surface area contributed by atoms with Gasteiger partial charge in [-0.1, -0.05) is 0 Å². The fourth-order valence-electron chi connectivity index (χ4n) is 2.21. The van der Waals surface area contributed by atoms with E-state index in [-0.39, 0.29) is 24.4 Å². The van der Waals surface area contributed by atoms with E-state index >= 15 is 0 Å². The highest BCUT2D eigenvalue weighted by atomic mass is 32.1. The highest BCUT2D eigenvalue weighted by Gasteiger charge is 2.09. The molecule has 2 N–H and O–H groups in total. The van der Waals surface area contributed by atoms with Crippen molar-refractivity contribution in [1.82, 2.24) is 14.9 Å². The van der Waals surface area contributed by atoms with Gasteiger partial charge in [0.2, 0.25) is 5.91 Å². The maximum Gasteiger partial charge on any atom is 0.328 e. The number of hydrogen-bond donors (Lipinski definition) is 2. The van der Waals surface area contributed by atoms with Crippen LogP contribution in [0.4, 0.5) is 0 Å². The van der Waals surface area contributed by atoms with Crippen LogP contribution in [0.15, 0.2) is 21.0 Å². The maximum absolute atomic E-state index is 12.2. The summed E-state index contributed by atoms with van der Waals surface area (Å²) >= 11 is 1.30. The molecule has 8 heteroatoms. The second kappa shape index (κ2) is 8.64. The Morgan fingerprint density at radius 3 is 3.00 bits per heavy atom. The molecular weight excluding hydrogens is 318 g/mol. The zero-order chi connectivity index (χ0) is 16.7. The van der Waals surface area contributed by atoms with E-state index in [1.807, 2.05) is 6.92 Å². The Labute approximate surface area is 137 Å². The summed E-state index contributed by atoms with van der Waals surface area (Å²) < 4.78 is 6.87. The number of amides is 1. The largest absolute Gasteiger partial charge is 0.382 e. The minimum Gasteiger partial charge on any atom is -0.382 e. The number of carbonyl (C=O) groups is 1. The zero-order valence-electron chi connectivity index (χ0n) is 13.1. The standard InChI is InChI=1S/C15H21N3O4S/c1-2-22-9-4-7-16-12(19)5-3-8-18-14(20)13-11(6-10-23-13)17-15(18)21/h6,10H,2-5,7-9H2,1H3,(H,16,19)(H,17,21). The number of aromatic amines is 1. The first-order valence-corrected chi connectivity index (χ1v) is 8.56. The fraction of sp³-hybridized carbons (Fsp3) is 0.533. The third-order valence-electron chi connectivity index (χ3n) is 3.37. The van der Waals surface area contributed by atoms with Crippen molar-refractivity contribution in [3.05, 3.63) is 32.3 Å². The molecule has 0 aliphatic rings. The first-order chi connectivity index (χ1) is 11.1. The van der Waals surface area contributed by atoms with Gasteiger partial charge in [0.1, 0.15) is 4.70 Å². The molecule has 2 heterocycles. The van der Waals surface area contributed by atoms with Crippen LogP contribution < -0.4 is 16.6 Å². The molecule has 0 aliphatic carbocycles. The van der Waals surface area contributed by atoms with Crippen molar-refractivity contribution < 1.29 is 9.53 Å². The van der Waals surface area contributed by atoms with E-state index in [0.717, 1.165) is 11.0 Å². The summed E-state index contributed by atoms with van der Waals surface area (Å²) in [6.45, 7) is 4.03. The normalized spacial score (nSPS) is 11.0. The monoisotopic (exact) mass is 339 g/mol. The average Bonchev–Trinajstić information content (AvgIpc) is 2.98. The number of hydrogen-bond acceptors (Lipinski definition) is 5. The van der Waals surface area contributed by atoms with E-state index in [4.69, 9.17) is 4.74 Å². The molecule has 2 rings (SSSR count). The lowest BCUT2D eigenvalue weighted by molar-refractivity contribution is -0.121. The molecule has 7 nitrogen and oxygen atoms in total. The van der Waals surface area contributed by atoms with Crippen LogP contribution in [0.3, 0.4) is 0 Å². The number of ether oxygens (including phenoxy) is 1. The van der Waals surface area contributed by atoms with Crippen molar-refractivity contribution in [2.75, 3.05) is 19.8 Å². The predicted octanol–water partition coefficient (Wildman–Crippen LogP) is 1.07. The molecule has 2 aromatic rings. The van der Waals surface area contributed by atoms with Crippen LogP contribution in [0, 0.1) is 0 Å². The van der Waals surface area contributed by atoms with Gasteiger partial charge < -0.3 is 15.0 Å². The Balaban J connectivity index is 1.81. The summed E-state index contributed by atoms with van der Waals surface area (Å²) in [5, 5.41) is 4.56. The third kappa shape index (κ3) is 4.77. The van der Waals surface area contributed by atoms with Crippen LogP contribution in [-0.2, 0) is 16.1 Å². The number of aromatic nitrogens is 2. The lowest BCUT2D eigenvalue weighted by Gasteiger charge is -2.06. The molecule has 0 aromatic carbocycles. The van der Waals surface area contributed by atoms with E-state index in [1.54, 1.807) is 11.4 Å². The second-order valence-corrected chi connectivity index (χ2v) is 5.97. The molecule has 126 valence electrons. The summed E-state index contributed by atoms with van der Waals surface area (Å²) in [5.74, 6) is -0.0804. The van der Waals surface area contributed by atoms with E-state index in [9.17, 15) is 14.4 Å². The Morgan fingerprint density at radius 1 is 1.39 bits per heavy atom. The molecular formula is C15H21N3O4S. The first-order valence-electron chi connectivity index (χ1n) is 7.68. The van der Waals surface area contributed by atoms with Crippen molar-refractivity contribution in [1.29, 1.82) is 0 Å². The van der Waals surface area contributed by atoms with Crippen molar-refractivity contribution in [3.8, 4) is 0 Å². The van der Waals surface area contributed by atoms with Crippen LogP contribution in [0.5, 0.6) is 0 Å². The topological polar surface area (TPSA) is 93.2 Å². The van der Waals surface area contributed by atoms with Crippen LogP contribution in [-0.4, -0.2) is 35.2 Å². The Hall–Kier alpha value is -1.93. The quantitative estimate of drug-likeness (QED) is 0.669. The molecule has 0 aliphatic heterocycles. The predicted molar refractivity (Wildman–Crippen MR) is 90.1 cm³/mol. The van der Waals surface area contributed by atoms with Crippen molar-refractivity contribution in [2.24, 2.45) is 0 Å². The van der Waals surface area contributed by atoms with Gasteiger partial charge in [0.25, 0.3) is 5.56 Å². The van der Waals surface area contributed by atoms with Gasteiger partial charge in [0.05, 0.1) is 5.52 Å². The van der Waals surface area contributed by atoms with Crippen LogP contribution in [0.25, 0.3) is 10.2 Å². The van der Waals surface area contributed by atoms with Crippen LogP contribution in [0.2, 0.25) is 0 Å². The molecule has 0 bridgehead atoms. The smallest absolute Gasteiger partial charge is 0.328 e. The molecule has 1 amide bonds. The number of H-pyrrole nitrogens is 1. The SMILES string of the molecule is CCOCCCNC(=O)CCCn1c(=O)[nH]c2ccsc2c1=O. The van der Waals surface area contributed by atoms with E-state index in [1.165, 1.54) is 11.3 Å². The summed E-state index contributed by atoms with van der Waals surface area (Å²) in [6.07, 6.45) is 1.49. The summed E-state index contributed by atoms with van der Waals surface area (Å²) in [4.78, 5) is 38.5. The molecule has 2 aromatic heterocycles. The average molecular weight is 339 g/mol. The van der Waals surface area contributed by atoms with Gasteiger partial charge in [-0.3, -0.25) is 14.2 Å². The summed E-state index contributed by atoms with van der Waals surface area (Å²) in [7, 11) is 0. The number of fused-ring (bicyclic) bond motifs is 1. The Bertz CT molecular complexity index is 762. The molecule has 0 spiro atoms.